The largest absolute Gasteiger partial charge is 0.480 e. The number of piperidine rings is 1. The van der Waals surface area contributed by atoms with Crippen molar-refractivity contribution < 1.29 is 27.9 Å². The Morgan fingerprint density at radius 2 is 2.00 bits per heavy atom. The monoisotopic (exact) mass is 267 g/mol. The summed E-state index contributed by atoms with van der Waals surface area (Å²) in [5.74, 6) is -2.11. The van der Waals surface area contributed by atoms with Crippen molar-refractivity contribution in [2.75, 3.05) is 6.54 Å². The minimum atomic E-state index is -4.39. The first-order valence-electron chi connectivity index (χ1n) is 5.81. The molecule has 104 valence electrons. The summed E-state index contributed by atoms with van der Waals surface area (Å²) < 4.78 is 36.1. The molecule has 18 heavy (non-hydrogen) atoms. The van der Waals surface area contributed by atoms with Gasteiger partial charge in [-0.2, -0.15) is 13.2 Å². The number of carbonyl (C=O) groups is 2. The van der Waals surface area contributed by atoms with Crippen LogP contribution >= 0.6 is 0 Å². The molecule has 4 nitrogen and oxygen atoms in total. The lowest BCUT2D eigenvalue weighted by Crippen LogP contribution is -2.52. The number of carboxylic acids is 1. The van der Waals surface area contributed by atoms with Gasteiger partial charge in [0, 0.05) is 13.0 Å². The van der Waals surface area contributed by atoms with E-state index in [2.05, 4.69) is 0 Å². The predicted octanol–water partition coefficient (Wildman–Crippen LogP) is 2.04. The average molecular weight is 267 g/mol. The van der Waals surface area contributed by atoms with E-state index < -0.39 is 36.9 Å². The van der Waals surface area contributed by atoms with Gasteiger partial charge in [0.2, 0.25) is 5.91 Å². The number of hydrogen-bond donors (Lipinski definition) is 1. The summed E-state index contributed by atoms with van der Waals surface area (Å²) >= 11 is 0. The van der Waals surface area contributed by atoms with Gasteiger partial charge in [-0.05, 0) is 18.8 Å². The molecule has 0 aromatic rings. The molecule has 1 saturated heterocycles. The molecule has 0 aromatic carbocycles. The van der Waals surface area contributed by atoms with E-state index in [4.69, 9.17) is 5.11 Å². The second-order valence-electron chi connectivity index (χ2n) is 4.60. The number of amides is 1. The first-order chi connectivity index (χ1) is 8.22. The lowest BCUT2D eigenvalue weighted by Gasteiger charge is -2.37. The van der Waals surface area contributed by atoms with Crippen LogP contribution in [0.25, 0.3) is 0 Å². The minimum Gasteiger partial charge on any atom is -0.480 e. The van der Waals surface area contributed by atoms with Gasteiger partial charge in [-0.3, -0.25) is 4.79 Å². The summed E-state index contributed by atoms with van der Waals surface area (Å²) in [5, 5.41) is 9.04. The van der Waals surface area contributed by atoms with Gasteiger partial charge in [0.05, 0.1) is 6.42 Å². The van der Waals surface area contributed by atoms with E-state index in [-0.39, 0.29) is 12.5 Å². The molecule has 0 radical (unpaired) electrons. The smallest absolute Gasteiger partial charge is 0.389 e. The Morgan fingerprint density at radius 1 is 1.39 bits per heavy atom. The molecule has 2 unspecified atom stereocenters. The number of alkyl halides is 3. The number of rotatable bonds is 3. The summed E-state index contributed by atoms with van der Waals surface area (Å²) in [5.41, 5.74) is 0. The van der Waals surface area contributed by atoms with Crippen LogP contribution in [-0.4, -0.2) is 40.6 Å². The van der Waals surface area contributed by atoms with Crippen LogP contribution in [0.5, 0.6) is 0 Å². The van der Waals surface area contributed by atoms with Gasteiger partial charge < -0.3 is 10.0 Å². The van der Waals surface area contributed by atoms with Crippen molar-refractivity contribution in [1.29, 1.82) is 0 Å². The maximum absolute atomic E-state index is 12.0. The third kappa shape index (κ3) is 3.89. The molecule has 1 aliphatic rings. The third-order valence-electron chi connectivity index (χ3n) is 3.13. The number of carbonyl (C=O) groups excluding carboxylic acids is 1. The third-order valence-corrected chi connectivity index (χ3v) is 3.13. The van der Waals surface area contributed by atoms with E-state index in [0.717, 1.165) is 4.90 Å². The minimum absolute atomic E-state index is 0.220. The van der Waals surface area contributed by atoms with Gasteiger partial charge in [-0.25, -0.2) is 4.79 Å². The summed E-state index contributed by atoms with van der Waals surface area (Å²) in [6.07, 6.45) is -4.98. The van der Waals surface area contributed by atoms with Crippen LogP contribution in [0.3, 0.4) is 0 Å². The van der Waals surface area contributed by atoms with Crippen molar-refractivity contribution >= 4 is 11.9 Å². The number of aliphatic carboxylic acids is 1. The summed E-state index contributed by atoms with van der Waals surface area (Å²) in [4.78, 5) is 23.8. The summed E-state index contributed by atoms with van der Waals surface area (Å²) in [6, 6.07) is -1.00. The number of nitrogens with zero attached hydrogens (tertiary/aromatic N) is 1. The SMILES string of the molecule is CC1CCCN(C(=O)CCC(F)(F)F)C1C(=O)O. The van der Waals surface area contributed by atoms with Crippen LogP contribution in [0, 0.1) is 5.92 Å². The molecular formula is C11H16F3NO3. The lowest BCUT2D eigenvalue weighted by atomic mass is 9.90. The highest BCUT2D eigenvalue weighted by molar-refractivity contribution is 5.84. The van der Waals surface area contributed by atoms with Gasteiger partial charge in [-0.1, -0.05) is 6.92 Å². The molecule has 0 bridgehead atoms. The van der Waals surface area contributed by atoms with E-state index in [9.17, 15) is 22.8 Å². The number of hydrogen-bond acceptors (Lipinski definition) is 2. The van der Waals surface area contributed by atoms with Crippen molar-refractivity contribution in [2.24, 2.45) is 5.92 Å². The molecule has 0 aromatic heterocycles. The Labute approximate surface area is 103 Å². The maximum Gasteiger partial charge on any atom is 0.389 e. The fourth-order valence-electron chi connectivity index (χ4n) is 2.24. The zero-order valence-corrected chi connectivity index (χ0v) is 10.0. The molecule has 1 aliphatic heterocycles. The molecule has 0 spiro atoms. The Hall–Kier alpha value is -1.27. The van der Waals surface area contributed by atoms with Crippen molar-refractivity contribution in [2.45, 2.75) is 44.8 Å². The molecule has 1 heterocycles. The van der Waals surface area contributed by atoms with Crippen LogP contribution in [0.2, 0.25) is 0 Å². The van der Waals surface area contributed by atoms with Crippen LogP contribution in [0.15, 0.2) is 0 Å². The van der Waals surface area contributed by atoms with E-state index in [1.165, 1.54) is 0 Å². The normalized spacial score (nSPS) is 25.0. The van der Waals surface area contributed by atoms with Crippen molar-refractivity contribution in [3.05, 3.63) is 0 Å². The van der Waals surface area contributed by atoms with E-state index in [1.54, 1.807) is 6.92 Å². The predicted molar refractivity (Wildman–Crippen MR) is 56.8 cm³/mol. The molecular weight excluding hydrogens is 251 g/mol. The molecule has 2 atom stereocenters. The average Bonchev–Trinajstić information content (AvgIpc) is 2.24. The topological polar surface area (TPSA) is 57.6 Å². The number of carboxylic acid groups (broad SMARTS) is 1. The molecule has 1 N–H and O–H groups in total. The first kappa shape index (κ1) is 14.8. The van der Waals surface area contributed by atoms with Gasteiger partial charge in [0.1, 0.15) is 6.04 Å². The molecule has 7 heteroatoms. The fourth-order valence-corrected chi connectivity index (χ4v) is 2.24. The second kappa shape index (κ2) is 5.58. The number of halogens is 3. The molecule has 1 amide bonds. The van der Waals surface area contributed by atoms with Gasteiger partial charge >= 0.3 is 12.1 Å². The van der Waals surface area contributed by atoms with E-state index >= 15 is 0 Å². The zero-order valence-electron chi connectivity index (χ0n) is 10.0. The lowest BCUT2D eigenvalue weighted by molar-refractivity contribution is -0.159. The van der Waals surface area contributed by atoms with Crippen LogP contribution in [-0.2, 0) is 9.59 Å². The summed E-state index contributed by atoms with van der Waals surface area (Å²) in [6.45, 7) is 1.92. The van der Waals surface area contributed by atoms with Gasteiger partial charge in [0.15, 0.2) is 0 Å². The molecule has 0 saturated carbocycles. The first-order valence-corrected chi connectivity index (χ1v) is 5.81. The van der Waals surface area contributed by atoms with Crippen LogP contribution in [0.1, 0.15) is 32.6 Å². The molecule has 0 aliphatic carbocycles. The Bertz CT molecular complexity index is 330. The van der Waals surface area contributed by atoms with Crippen molar-refractivity contribution in [1.82, 2.24) is 4.90 Å². The summed E-state index contributed by atoms with van der Waals surface area (Å²) in [7, 11) is 0. The zero-order chi connectivity index (χ0) is 13.9. The standard InChI is InChI=1S/C11H16F3NO3/c1-7-3-2-6-15(9(7)10(17)18)8(16)4-5-11(12,13)14/h7,9H,2-6H2,1H3,(H,17,18). The quantitative estimate of drug-likeness (QED) is 0.851. The highest BCUT2D eigenvalue weighted by atomic mass is 19.4. The Morgan fingerprint density at radius 3 is 2.50 bits per heavy atom. The molecule has 1 rings (SSSR count). The van der Waals surface area contributed by atoms with E-state index in [1.807, 2.05) is 0 Å². The van der Waals surface area contributed by atoms with Crippen molar-refractivity contribution in [3.63, 3.8) is 0 Å². The Balaban J connectivity index is 2.67. The van der Waals surface area contributed by atoms with E-state index in [0.29, 0.717) is 12.8 Å². The van der Waals surface area contributed by atoms with Gasteiger partial charge in [0.25, 0.3) is 0 Å². The highest BCUT2D eigenvalue weighted by Gasteiger charge is 2.38. The number of likely N-dealkylation sites (tertiary alicyclic amines) is 1. The highest BCUT2D eigenvalue weighted by Crippen LogP contribution is 2.26. The van der Waals surface area contributed by atoms with Crippen molar-refractivity contribution in [3.8, 4) is 0 Å². The fraction of sp³-hybridized carbons (Fsp3) is 0.818. The van der Waals surface area contributed by atoms with Crippen LogP contribution in [0.4, 0.5) is 13.2 Å². The van der Waals surface area contributed by atoms with Gasteiger partial charge in [-0.15, -0.1) is 0 Å². The van der Waals surface area contributed by atoms with Crippen LogP contribution < -0.4 is 0 Å². The molecule has 1 fully saturated rings. The Kier molecular flexibility index (Phi) is 4.59. The maximum atomic E-state index is 12.0. The second-order valence-corrected chi connectivity index (χ2v) is 4.60.